The van der Waals surface area contributed by atoms with Crippen molar-refractivity contribution in [2.45, 2.75) is 35.0 Å². The van der Waals surface area contributed by atoms with Crippen LogP contribution >= 0.6 is 23.1 Å². The molecule has 1 saturated heterocycles. The van der Waals surface area contributed by atoms with Gasteiger partial charge in [0.05, 0.1) is 33.7 Å². The van der Waals surface area contributed by atoms with Crippen LogP contribution in [0.4, 0.5) is 37.7 Å². The van der Waals surface area contributed by atoms with Gasteiger partial charge in [0.2, 0.25) is 11.8 Å². The Morgan fingerprint density at radius 1 is 0.882 bits per heavy atom. The summed E-state index contributed by atoms with van der Waals surface area (Å²) in [5, 5.41) is 2.80. The Labute approximate surface area is 293 Å². The zero-order chi connectivity index (χ0) is 36.0. The number of hydrogen-bond acceptors (Lipinski definition) is 7. The van der Waals surface area contributed by atoms with Crippen molar-refractivity contribution in [3.63, 3.8) is 0 Å². The number of carbonyl (C=O) groups is 3. The number of para-hydroxylation sites is 1. The van der Waals surface area contributed by atoms with Crippen molar-refractivity contribution in [3.05, 3.63) is 104 Å². The Morgan fingerprint density at radius 3 is 2.35 bits per heavy atom. The molecule has 1 aromatic heterocycles. The Morgan fingerprint density at radius 2 is 1.61 bits per heavy atom. The Balaban J connectivity index is 1.07. The Kier molecular flexibility index (Phi) is 7.90. The molecule has 2 N–H and O–H groups in total. The fraction of sp³-hybridized carbons (Fsp3) is 0.314. The summed E-state index contributed by atoms with van der Waals surface area (Å²) in [4.78, 5) is 57.1. The van der Waals surface area contributed by atoms with E-state index in [1.54, 1.807) is 18.2 Å². The Bertz CT molecular complexity index is 2150. The highest BCUT2D eigenvalue weighted by Crippen LogP contribution is 2.69. The number of fused-ring (bicyclic) bond motifs is 9. The summed E-state index contributed by atoms with van der Waals surface area (Å²) in [5.41, 5.74) is -1.81. The van der Waals surface area contributed by atoms with Gasteiger partial charge in [0.1, 0.15) is 5.75 Å². The lowest BCUT2D eigenvalue weighted by atomic mass is 9.68. The monoisotopic (exact) mass is 745 g/mol. The molecule has 3 amide bonds. The normalized spacial score (nSPS) is 26.5. The maximum Gasteiger partial charge on any atom is 0.418 e. The summed E-state index contributed by atoms with van der Waals surface area (Å²) >= 11 is 2.45. The van der Waals surface area contributed by atoms with Gasteiger partial charge in [-0.05, 0) is 72.2 Å². The lowest BCUT2D eigenvalue weighted by molar-refractivity contribution is -0.138. The quantitative estimate of drug-likeness (QED) is 0.160. The number of thiazole rings is 1. The third-order valence-corrected chi connectivity index (χ3v) is 12.8. The molecular weight excluding hydrogens is 721 g/mol. The molecule has 8 nitrogen and oxygen atoms in total. The first kappa shape index (κ1) is 33.6. The number of amides is 3. The molecule has 0 radical (unpaired) electrons. The second kappa shape index (κ2) is 12.0. The number of alkyl halides is 6. The van der Waals surface area contributed by atoms with Crippen LogP contribution in [-0.2, 0) is 26.7 Å². The van der Waals surface area contributed by atoms with Gasteiger partial charge in [-0.1, -0.05) is 41.7 Å². The number of H-pyrrole nitrogens is 1. The molecule has 0 spiro atoms. The summed E-state index contributed by atoms with van der Waals surface area (Å²) in [7, 11) is 0. The fourth-order valence-corrected chi connectivity index (χ4v) is 11.3. The molecule has 3 aromatic carbocycles. The van der Waals surface area contributed by atoms with Crippen LogP contribution in [0.15, 0.2) is 82.6 Å². The molecule has 8 rings (SSSR count). The van der Waals surface area contributed by atoms with E-state index >= 15 is 0 Å². The molecule has 7 atom stereocenters. The van der Waals surface area contributed by atoms with Crippen LogP contribution in [0.25, 0.3) is 0 Å². The number of nitrogens with zero attached hydrogens (tertiary/aromatic N) is 1. The lowest BCUT2D eigenvalue weighted by Gasteiger charge is -2.43. The lowest BCUT2D eigenvalue weighted by Crippen LogP contribution is -2.42. The van der Waals surface area contributed by atoms with E-state index in [9.17, 15) is 45.5 Å². The van der Waals surface area contributed by atoms with Crippen molar-refractivity contribution in [1.82, 2.24) is 4.98 Å². The maximum atomic E-state index is 14.0. The largest absolute Gasteiger partial charge is 0.484 e. The topological polar surface area (TPSA) is 109 Å². The number of carbonyl (C=O) groups excluding carboxylic acids is 3. The van der Waals surface area contributed by atoms with Crippen LogP contribution in [0.5, 0.6) is 5.75 Å². The minimum Gasteiger partial charge on any atom is -0.484 e. The van der Waals surface area contributed by atoms with Crippen molar-refractivity contribution in [2.24, 2.45) is 29.6 Å². The number of rotatable bonds is 6. The number of benzene rings is 3. The summed E-state index contributed by atoms with van der Waals surface area (Å²) < 4.78 is 87.0. The van der Waals surface area contributed by atoms with E-state index in [0.717, 1.165) is 40.5 Å². The van der Waals surface area contributed by atoms with Gasteiger partial charge in [-0.2, -0.15) is 26.3 Å². The molecule has 2 aliphatic carbocycles. The van der Waals surface area contributed by atoms with Gasteiger partial charge in [-0.15, -0.1) is 11.8 Å². The number of aromatic amines is 1. The van der Waals surface area contributed by atoms with Crippen molar-refractivity contribution in [1.29, 1.82) is 0 Å². The number of thioether (sulfide) groups is 1. The number of anilines is 2. The second-order valence-corrected chi connectivity index (χ2v) is 15.2. The third kappa shape index (κ3) is 5.62. The van der Waals surface area contributed by atoms with E-state index in [1.165, 1.54) is 36.0 Å². The zero-order valence-electron chi connectivity index (χ0n) is 26.0. The molecule has 4 aliphatic rings. The molecule has 2 saturated carbocycles. The number of halogens is 6. The van der Waals surface area contributed by atoms with E-state index in [1.807, 2.05) is 6.07 Å². The summed E-state index contributed by atoms with van der Waals surface area (Å²) in [6, 6.07) is 15.6. The average molecular weight is 746 g/mol. The van der Waals surface area contributed by atoms with Crippen molar-refractivity contribution in [3.8, 4) is 5.75 Å². The smallest absolute Gasteiger partial charge is 0.418 e. The van der Waals surface area contributed by atoms with Gasteiger partial charge in [0.15, 0.2) is 6.61 Å². The number of ether oxygens (including phenoxy) is 1. The standard InChI is InChI=1S/C35H25F6N3O5S2/c36-34(37,38)16-6-4-7-17(12-16)42-23(45)14-49-18-8-3-5-15(11-18)24-25-19-13-20(28(25)50-30-29(24)51-33(48)43-30)27-26(19)31(46)44(32(27)47)22-10-2-1-9-21(22)35(39,40)41/h1-12,19-20,24-28H,13-14H2,(H,42,45)(H,43,48)/t19-,20-,24+,25-,26+,27+,28-/m1/s1. The van der Waals surface area contributed by atoms with Crippen LogP contribution in [-0.4, -0.2) is 34.6 Å². The van der Waals surface area contributed by atoms with E-state index in [-0.39, 0.29) is 39.3 Å². The van der Waals surface area contributed by atoms with Crippen molar-refractivity contribution >= 4 is 52.2 Å². The summed E-state index contributed by atoms with van der Waals surface area (Å²) in [5.74, 6) is -4.74. The number of imide groups is 1. The first-order chi connectivity index (χ1) is 24.2. The van der Waals surface area contributed by atoms with Gasteiger partial charge in [0.25, 0.3) is 5.91 Å². The molecule has 51 heavy (non-hydrogen) atoms. The van der Waals surface area contributed by atoms with Gasteiger partial charge >= 0.3 is 17.2 Å². The van der Waals surface area contributed by atoms with Crippen LogP contribution in [0, 0.1) is 29.6 Å². The Hall–Kier alpha value is -4.57. The minimum atomic E-state index is -4.78. The number of nitrogens with one attached hydrogen (secondary N) is 2. The van der Waals surface area contributed by atoms with Crippen molar-refractivity contribution < 1.29 is 45.5 Å². The number of aromatic nitrogens is 1. The van der Waals surface area contributed by atoms with Crippen LogP contribution in [0.2, 0.25) is 0 Å². The van der Waals surface area contributed by atoms with Gasteiger partial charge in [-0.3, -0.25) is 19.2 Å². The first-order valence-corrected chi connectivity index (χ1v) is 17.5. The molecular formula is C35H25F6N3O5S2. The molecule has 16 heteroatoms. The SMILES string of the molecule is O=C(COc1cccc([C@@H]2c3sc(=O)[nH]c3S[C@@H]3[C@@H]4C[C@@H]([C@@H]5C(=O)N(c6ccccc6C(F)(F)F)C(=O)[C@@H]45)[C@H]23)c1)Nc1cccc(C(F)(F)F)c1. The molecule has 3 fully saturated rings. The van der Waals surface area contributed by atoms with E-state index in [2.05, 4.69) is 10.3 Å². The van der Waals surface area contributed by atoms with E-state index < -0.39 is 71.2 Å². The van der Waals surface area contributed by atoms with Crippen LogP contribution in [0.1, 0.15) is 33.9 Å². The molecule has 4 aromatic rings. The summed E-state index contributed by atoms with van der Waals surface area (Å²) in [6.45, 7) is -0.519. The minimum absolute atomic E-state index is 0.0530. The predicted molar refractivity (Wildman–Crippen MR) is 174 cm³/mol. The van der Waals surface area contributed by atoms with Gasteiger partial charge < -0.3 is 15.0 Å². The zero-order valence-corrected chi connectivity index (χ0v) is 27.6. The molecule has 2 bridgehead atoms. The molecule has 0 unspecified atom stereocenters. The van der Waals surface area contributed by atoms with E-state index in [4.69, 9.17) is 4.74 Å². The van der Waals surface area contributed by atoms with Crippen LogP contribution < -0.4 is 19.8 Å². The highest BCUT2D eigenvalue weighted by atomic mass is 32.2. The molecule has 264 valence electrons. The average Bonchev–Trinajstić information content (AvgIpc) is 3.82. The molecule has 2 aliphatic heterocycles. The second-order valence-electron chi connectivity index (χ2n) is 13.0. The molecule has 3 heterocycles. The van der Waals surface area contributed by atoms with Crippen molar-refractivity contribution in [2.75, 3.05) is 16.8 Å². The summed E-state index contributed by atoms with van der Waals surface area (Å²) in [6.07, 6.45) is -8.85. The van der Waals surface area contributed by atoms with E-state index in [0.29, 0.717) is 21.9 Å². The number of hydrogen-bond donors (Lipinski definition) is 2. The third-order valence-electron chi connectivity index (χ3n) is 10.2. The maximum absolute atomic E-state index is 14.0. The van der Waals surface area contributed by atoms with Crippen LogP contribution in [0.3, 0.4) is 0 Å². The highest BCUT2D eigenvalue weighted by molar-refractivity contribution is 8.00. The highest BCUT2D eigenvalue weighted by Gasteiger charge is 2.70. The first-order valence-electron chi connectivity index (χ1n) is 15.8. The predicted octanol–water partition coefficient (Wildman–Crippen LogP) is 7.17. The fourth-order valence-electron chi connectivity index (χ4n) is 8.45. The van der Waals surface area contributed by atoms with Gasteiger partial charge in [0, 0.05) is 21.7 Å². The van der Waals surface area contributed by atoms with Gasteiger partial charge in [-0.25, -0.2) is 4.90 Å².